The van der Waals surface area contributed by atoms with E-state index >= 15 is 0 Å². The molecule has 66 valence electrons. The Kier molecular flexibility index (Phi) is 3.05. The van der Waals surface area contributed by atoms with Gasteiger partial charge in [0.2, 0.25) is 0 Å². The Balaban J connectivity index is 2.72. The summed E-state index contributed by atoms with van der Waals surface area (Å²) in [6.45, 7) is 2.65. The van der Waals surface area contributed by atoms with Gasteiger partial charge in [-0.3, -0.25) is 0 Å². The average molecular weight is 170 g/mol. The number of benzene rings is 1. The van der Waals surface area contributed by atoms with Crippen LogP contribution in [0.25, 0.3) is 0 Å². The van der Waals surface area contributed by atoms with Crippen molar-refractivity contribution in [3.05, 3.63) is 29.6 Å². The van der Waals surface area contributed by atoms with Gasteiger partial charge in [0, 0.05) is 18.2 Å². The van der Waals surface area contributed by atoms with E-state index in [1.54, 1.807) is 0 Å². The van der Waals surface area contributed by atoms with E-state index in [4.69, 9.17) is 9.84 Å². The van der Waals surface area contributed by atoms with Gasteiger partial charge < -0.3 is 9.84 Å². The summed E-state index contributed by atoms with van der Waals surface area (Å²) in [4.78, 5) is 0. The molecule has 12 heavy (non-hydrogen) atoms. The number of hydrogen-bond donors (Lipinski definition) is 1. The van der Waals surface area contributed by atoms with Gasteiger partial charge in [0.05, 0.1) is 6.61 Å². The number of ether oxygens (including phenoxy) is 1. The smallest absolute Gasteiger partial charge is 0.132 e. The zero-order valence-electron chi connectivity index (χ0n) is 6.88. The van der Waals surface area contributed by atoms with Crippen LogP contribution >= 0.6 is 0 Å². The summed E-state index contributed by atoms with van der Waals surface area (Å²) in [7, 11) is 0. The molecule has 1 rings (SSSR count). The average Bonchev–Trinajstić information content (AvgIpc) is 2.03. The van der Waals surface area contributed by atoms with Crippen LogP contribution in [-0.4, -0.2) is 11.7 Å². The van der Waals surface area contributed by atoms with Gasteiger partial charge in [-0.05, 0) is 13.0 Å². The van der Waals surface area contributed by atoms with E-state index in [0.717, 1.165) is 6.07 Å². The van der Waals surface area contributed by atoms with Crippen LogP contribution in [0.2, 0.25) is 0 Å². The van der Waals surface area contributed by atoms with E-state index < -0.39 is 5.82 Å². The number of aromatic hydroxyl groups is 1. The van der Waals surface area contributed by atoms with Crippen LogP contribution in [0.1, 0.15) is 12.5 Å². The summed E-state index contributed by atoms with van der Waals surface area (Å²) in [5, 5.41) is 8.88. The van der Waals surface area contributed by atoms with E-state index in [-0.39, 0.29) is 12.4 Å². The lowest BCUT2D eigenvalue weighted by atomic mass is 10.2. The lowest BCUT2D eigenvalue weighted by Gasteiger charge is -2.02. The molecule has 0 aromatic heterocycles. The third-order valence-corrected chi connectivity index (χ3v) is 1.50. The molecular weight excluding hydrogens is 159 g/mol. The van der Waals surface area contributed by atoms with Crippen LogP contribution in [0.3, 0.4) is 0 Å². The molecule has 0 bridgehead atoms. The standard InChI is InChI=1S/C9H11FO2/c1-2-12-6-7-3-4-8(11)5-9(7)10/h3-5,11H,2,6H2,1H3. The van der Waals surface area contributed by atoms with Crippen molar-refractivity contribution in [2.45, 2.75) is 13.5 Å². The Morgan fingerprint density at radius 1 is 1.50 bits per heavy atom. The highest BCUT2D eigenvalue weighted by molar-refractivity contribution is 5.27. The second-order valence-corrected chi connectivity index (χ2v) is 2.41. The second-order valence-electron chi connectivity index (χ2n) is 2.41. The molecule has 0 atom stereocenters. The Bertz CT molecular complexity index is 261. The van der Waals surface area contributed by atoms with Gasteiger partial charge in [0.25, 0.3) is 0 Å². The molecule has 2 nitrogen and oxygen atoms in total. The molecule has 0 saturated heterocycles. The first-order chi connectivity index (χ1) is 5.74. The second kappa shape index (κ2) is 4.07. The van der Waals surface area contributed by atoms with Crippen LogP contribution in [0.15, 0.2) is 18.2 Å². The predicted molar refractivity (Wildman–Crippen MR) is 43.4 cm³/mol. The van der Waals surface area contributed by atoms with Crippen molar-refractivity contribution in [3.8, 4) is 5.75 Å². The van der Waals surface area contributed by atoms with Crippen LogP contribution in [0, 0.1) is 5.82 Å². The topological polar surface area (TPSA) is 29.5 Å². The first kappa shape index (κ1) is 9.00. The van der Waals surface area contributed by atoms with Gasteiger partial charge >= 0.3 is 0 Å². The molecule has 0 aliphatic carbocycles. The summed E-state index contributed by atoms with van der Waals surface area (Å²) in [6.07, 6.45) is 0. The molecule has 0 radical (unpaired) electrons. The molecule has 3 heteroatoms. The van der Waals surface area contributed by atoms with E-state index in [0.29, 0.717) is 12.2 Å². The summed E-state index contributed by atoms with van der Waals surface area (Å²) in [5.74, 6) is -0.490. The lowest BCUT2D eigenvalue weighted by Crippen LogP contribution is -1.94. The Morgan fingerprint density at radius 3 is 2.83 bits per heavy atom. The Hall–Kier alpha value is -1.09. The van der Waals surface area contributed by atoms with Crippen molar-refractivity contribution in [1.82, 2.24) is 0 Å². The van der Waals surface area contributed by atoms with Crippen LogP contribution in [-0.2, 0) is 11.3 Å². The lowest BCUT2D eigenvalue weighted by molar-refractivity contribution is 0.131. The van der Waals surface area contributed by atoms with Gasteiger partial charge in [0.15, 0.2) is 0 Å². The molecule has 1 aromatic rings. The Labute approximate surface area is 70.6 Å². The maximum absolute atomic E-state index is 12.9. The van der Waals surface area contributed by atoms with Gasteiger partial charge in [-0.2, -0.15) is 0 Å². The number of rotatable bonds is 3. The molecule has 1 aromatic carbocycles. The van der Waals surface area contributed by atoms with Gasteiger partial charge in [0.1, 0.15) is 11.6 Å². The Morgan fingerprint density at radius 2 is 2.25 bits per heavy atom. The highest BCUT2D eigenvalue weighted by Crippen LogP contribution is 2.15. The summed E-state index contributed by atoms with van der Waals surface area (Å²) in [6, 6.07) is 4.03. The van der Waals surface area contributed by atoms with E-state index in [1.807, 2.05) is 6.92 Å². The summed E-state index contributed by atoms with van der Waals surface area (Å²) < 4.78 is 18.0. The number of phenolic OH excluding ortho intramolecular Hbond substituents is 1. The molecule has 0 aliphatic rings. The zero-order chi connectivity index (χ0) is 8.97. The van der Waals surface area contributed by atoms with E-state index in [9.17, 15) is 4.39 Å². The van der Waals surface area contributed by atoms with Crippen molar-refractivity contribution in [1.29, 1.82) is 0 Å². The quantitative estimate of drug-likeness (QED) is 0.752. The first-order valence-electron chi connectivity index (χ1n) is 3.79. The molecule has 0 saturated carbocycles. The van der Waals surface area contributed by atoms with E-state index in [2.05, 4.69) is 0 Å². The summed E-state index contributed by atoms with van der Waals surface area (Å²) in [5.41, 5.74) is 0.467. The van der Waals surface area contributed by atoms with Crippen LogP contribution < -0.4 is 0 Å². The first-order valence-corrected chi connectivity index (χ1v) is 3.79. The largest absolute Gasteiger partial charge is 0.508 e. The minimum Gasteiger partial charge on any atom is -0.508 e. The predicted octanol–water partition coefficient (Wildman–Crippen LogP) is 2.07. The van der Waals surface area contributed by atoms with E-state index in [1.165, 1.54) is 12.1 Å². The highest BCUT2D eigenvalue weighted by Gasteiger charge is 2.01. The zero-order valence-corrected chi connectivity index (χ0v) is 6.88. The van der Waals surface area contributed by atoms with Crippen molar-refractivity contribution < 1.29 is 14.2 Å². The van der Waals surface area contributed by atoms with Crippen LogP contribution in [0.4, 0.5) is 4.39 Å². The van der Waals surface area contributed by atoms with Gasteiger partial charge in [-0.15, -0.1) is 0 Å². The molecule has 0 spiro atoms. The van der Waals surface area contributed by atoms with Gasteiger partial charge in [-0.1, -0.05) is 6.07 Å². The highest BCUT2D eigenvalue weighted by atomic mass is 19.1. The monoisotopic (exact) mass is 170 g/mol. The fourth-order valence-electron chi connectivity index (χ4n) is 0.865. The molecule has 0 amide bonds. The number of hydrogen-bond acceptors (Lipinski definition) is 2. The molecule has 0 fully saturated rings. The molecule has 0 heterocycles. The minimum atomic E-state index is -0.427. The maximum atomic E-state index is 12.9. The number of halogens is 1. The molecular formula is C9H11FO2. The molecule has 0 unspecified atom stereocenters. The SMILES string of the molecule is CCOCc1ccc(O)cc1F. The van der Waals surface area contributed by atoms with Crippen molar-refractivity contribution in [3.63, 3.8) is 0 Å². The van der Waals surface area contributed by atoms with Crippen LogP contribution in [0.5, 0.6) is 5.75 Å². The fourth-order valence-corrected chi connectivity index (χ4v) is 0.865. The number of phenols is 1. The van der Waals surface area contributed by atoms with Crippen molar-refractivity contribution in [2.75, 3.05) is 6.61 Å². The minimum absolute atomic E-state index is 0.0623. The fraction of sp³-hybridized carbons (Fsp3) is 0.333. The molecule has 0 aliphatic heterocycles. The van der Waals surface area contributed by atoms with Crippen molar-refractivity contribution in [2.24, 2.45) is 0 Å². The third kappa shape index (κ3) is 2.20. The van der Waals surface area contributed by atoms with Crippen molar-refractivity contribution >= 4 is 0 Å². The molecule has 1 N–H and O–H groups in total. The normalized spacial score (nSPS) is 10.2. The maximum Gasteiger partial charge on any atom is 0.132 e. The third-order valence-electron chi connectivity index (χ3n) is 1.50. The van der Waals surface area contributed by atoms with Gasteiger partial charge in [-0.25, -0.2) is 4.39 Å². The summed E-state index contributed by atoms with van der Waals surface area (Å²) >= 11 is 0.